The van der Waals surface area contributed by atoms with Crippen LogP contribution in [0.25, 0.3) is 0 Å². The quantitative estimate of drug-likeness (QED) is 0.0301. The van der Waals surface area contributed by atoms with Gasteiger partial charge in [0, 0.05) is 118 Å². The van der Waals surface area contributed by atoms with Crippen molar-refractivity contribution in [1.29, 1.82) is 0 Å². The SMILES string of the molecule is CC(=O)N(C)CCC(C)(C)c1ccc(C)cc1.CC(=O)NCCC(C)(C)c1ccc(C)cc1.Cc1ccc(C(C)(C)CCN2CC=CC2=O)cc1.Cc1ccc(C(C)(C)CCN2CCC(O)CC2)cc1.Cc1ccc(C(C)(C)CCN2CCNC(=O)C2)cc1.Cc1ccc(C(C)(C)CCN2CCS(=O)(=O)CC2)cc1.Cc1ccc(C(C)(C)CCNC(=O)C(C)C)cc1.Cc1ccc(C(C)(C)CCn2ccoc2=O)cc1. The number of benzene rings is 8. The summed E-state index contributed by atoms with van der Waals surface area (Å²) >= 11 is 0. The van der Waals surface area contributed by atoms with E-state index in [9.17, 15) is 42.3 Å². The summed E-state index contributed by atoms with van der Waals surface area (Å²) in [5.41, 5.74) is 22.0. The van der Waals surface area contributed by atoms with Gasteiger partial charge in [-0.05, 0) is 227 Å². The van der Waals surface area contributed by atoms with Crippen LogP contribution in [-0.4, -0.2) is 195 Å². The molecule has 4 aliphatic rings. The number of hydrogen-bond acceptors (Lipinski definition) is 13. The van der Waals surface area contributed by atoms with E-state index in [0.29, 0.717) is 37.7 Å². The van der Waals surface area contributed by atoms with Crippen LogP contribution in [-0.2, 0) is 83.7 Å². The molecule has 0 spiro atoms. The van der Waals surface area contributed by atoms with Crippen molar-refractivity contribution in [3.05, 3.63) is 318 Å². The van der Waals surface area contributed by atoms with Gasteiger partial charge in [-0.1, -0.05) is 369 Å². The van der Waals surface area contributed by atoms with Crippen LogP contribution in [0.2, 0.25) is 0 Å². The van der Waals surface area contributed by atoms with Crippen molar-refractivity contribution in [3.63, 3.8) is 0 Å². The van der Waals surface area contributed by atoms with Gasteiger partial charge in [0.15, 0.2) is 9.84 Å². The fraction of sp³-hybridized carbons (Fsp3) is 0.536. The van der Waals surface area contributed by atoms with Gasteiger partial charge in [0.2, 0.25) is 29.5 Å². The lowest BCUT2D eigenvalue weighted by Gasteiger charge is -2.33. The second kappa shape index (κ2) is 57.8. The number of aliphatic hydroxyl groups is 1. The van der Waals surface area contributed by atoms with Gasteiger partial charge < -0.3 is 45.1 Å². The molecule has 4 aliphatic heterocycles. The Hall–Kier alpha value is -10.4. The molecule has 3 saturated heterocycles. The molecule has 3 fully saturated rings. The normalized spacial score (nSPS) is 14.9. The van der Waals surface area contributed by atoms with Crippen molar-refractivity contribution in [1.82, 2.24) is 45.0 Å². The van der Waals surface area contributed by atoms with Crippen LogP contribution >= 0.6 is 0 Å². The lowest BCUT2D eigenvalue weighted by molar-refractivity contribution is -0.128. The van der Waals surface area contributed by atoms with Crippen LogP contribution in [0.1, 0.15) is 292 Å². The molecule has 796 valence electrons. The summed E-state index contributed by atoms with van der Waals surface area (Å²) in [4.78, 5) is 78.3. The molecule has 20 heteroatoms. The highest BCUT2D eigenvalue weighted by atomic mass is 32.2. The van der Waals surface area contributed by atoms with Crippen molar-refractivity contribution >= 4 is 39.4 Å². The Balaban J connectivity index is 0.000000254. The number of hydrogen-bond donors (Lipinski definition) is 4. The highest BCUT2D eigenvalue weighted by Gasteiger charge is 2.32. The van der Waals surface area contributed by atoms with Gasteiger partial charge in [0.25, 0.3) is 0 Å². The van der Waals surface area contributed by atoms with E-state index in [2.05, 4.69) is 391 Å². The minimum absolute atomic E-state index is 0.0414. The highest BCUT2D eigenvalue weighted by molar-refractivity contribution is 7.91. The number of rotatable bonds is 33. The Morgan fingerprint density at radius 2 is 0.710 bits per heavy atom. The molecule has 0 aliphatic carbocycles. The predicted octanol–water partition coefficient (Wildman–Crippen LogP) is 23.2. The summed E-state index contributed by atoms with van der Waals surface area (Å²) in [6.07, 6.45) is 16.6. The number of piperazine rings is 1. The molecule has 4 N–H and O–H groups in total. The maximum Gasteiger partial charge on any atom is 0.418 e. The molecule has 5 amide bonds. The van der Waals surface area contributed by atoms with Gasteiger partial charge in [-0.3, -0.25) is 33.4 Å². The summed E-state index contributed by atoms with van der Waals surface area (Å²) < 4.78 is 29.2. The van der Waals surface area contributed by atoms with E-state index in [0.717, 1.165) is 136 Å². The Labute approximate surface area is 875 Å². The smallest absolute Gasteiger partial charge is 0.416 e. The number of carbonyl (C=O) groups excluding carboxylic acids is 5. The molecule has 145 heavy (non-hydrogen) atoms. The Bertz CT molecular complexity index is 5570. The van der Waals surface area contributed by atoms with Crippen molar-refractivity contribution < 1.29 is 41.9 Å². The number of aryl methyl sites for hydroxylation is 9. The molecule has 0 saturated carbocycles. The Morgan fingerprint density at radius 3 is 1.00 bits per heavy atom. The van der Waals surface area contributed by atoms with E-state index in [-0.39, 0.29) is 90.6 Å². The predicted molar refractivity (Wildman–Crippen MR) is 605 cm³/mol. The van der Waals surface area contributed by atoms with Gasteiger partial charge in [-0.25, -0.2) is 13.2 Å². The minimum Gasteiger partial charge on any atom is -0.416 e. The number of piperidine rings is 1. The van der Waals surface area contributed by atoms with Crippen LogP contribution in [0.15, 0.2) is 228 Å². The van der Waals surface area contributed by atoms with Gasteiger partial charge in [0.05, 0.1) is 24.2 Å². The third-order valence-corrected chi connectivity index (χ3v) is 31.4. The van der Waals surface area contributed by atoms with Crippen molar-refractivity contribution in [3.8, 4) is 0 Å². The van der Waals surface area contributed by atoms with E-state index < -0.39 is 9.84 Å². The van der Waals surface area contributed by atoms with Crippen LogP contribution in [0.4, 0.5) is 0 Å². The average molecular weight is 2010 g/mol. The van der Waals surface area contributed by atoms with Crippen molar-refractivity contribution in [2.24, 2.45) is 5.92 Å². The zero-order valence-corrected chi connectivity index (χ0v) is 95.3. The maximum absolute atomic E-state index is 11.5. The molecule has 0 atom stereocenters. The maximum atomic E-state index is 11.5. The van der Waals surface area contributed by atoms with E-state index >= 15 is 0 Å². The first-order chi connectivity index (χ1) is 67.8. The molecule has 13 rings (SSSR count). The van der Waals surface area contributed by atoms with Gasteiger partial charge in [0.1, 0.15) is 6.26 Å². The van der Waals surface area contributed by atoms with Crippen LogP contribution in [0.5, 0.6) is 0 Å². The number of nitrogens with zero attached hydrogens (tertiary/aromatic N) is 6. The molecule has 0 radical (unpaired) electrons. The highest BCUT2D eigenvalue weighted by Crippen LogP contribution is 2.36. The first kappa shape index (κ1) is 123. The number of oxazole rings is 1. The van der Waals surface area contributed by atoms with E-state index in [4.69, 9.17) is 4.42 Å². The molecule has 19 nitrogen and oxygen atoms in total. The molecule has 8 aromatic carbocycles. The molecule has 1 aromatic heterocycles. The fourth-order valence-electron chi connectivity index (χ4n) is 17.3. The van der Waals surface area contributed by atoms with E-state index in [1.807, 2.05) is 31.9 Å². The first-order valence-corrected chi connectivity index (χ1v) is 54.8. The number of aliphatic hydroxyl groups excluding tert-OH is 1. The standard InChI is InChI=1S/C17H27NO.C16H24N2O.C16H25NO2S.C16H21NO.C16H25NO.C15H19NO2.C15H23NO.C14H21NO/c1-14-4-6-15(7-5-14)17(2,3)10-13-18-11-8-16(19)9-12-18;1-13-4-6-14(7-5-13)16(2,3)8-10-18-11-9-17-15(19)12-18;1-14-4-6-15(7-5-14)16(2,3)8-9-17-10-12-20(18,19)13-11-17;1-13-6-8-14(9-7-13)16(2,3)10-12-17-11-4-5-15(17)18;1-12(2)15(18)17-11-10-16(4,5)14-8-6-13(3)7-9-14;1-12-4-6-13(7-5-12)15(2,3)8-9-16-10-11-18-14(16)17;1-12-6-8-14(9-7-12)15(3,4)10-11-16(5)13(2)17;1-11-5-7-13(8-6-11)14(3,4)9-10-15-12(2)16/h4-7,16,19H,8-13H2,1-3H3;4-7H,8-12H2,1-3H3,(H,17,19);4-7H,8-13H2,1-3H3;4-9H,10-12H2,1-3H3;6-9,12H,10-11H2,1-5H3,(H,17,18);4-7,10-11H,8-9H2,1-3H3;6-9H,10-11H2,1-5H3;5-8H,9-10H2,1-4H3,(H,15,16). The van der Waals surface area contributed by atoms with E-state index in [1.54, 1.807) is 35.6 Å². The molecule has 5 heterocycles. The second-order valence-corrected chi connectivity index (χ2v) is 48.9. The zero-order chi connectivity index (χ0) is 108. The molecular weight excluding hydrogens is 1820 g/mol. The summed E-state index contributed by atoms with van der Waals surface area (Å²) in [7, 11) is -0.913. The van der Waals surface area contributed by atoms with Gasteiger partial charge >= 0.3 is 5.76 Å². The number of nitrogens with one attached hydrogen (secondary N) is 3. The topological polar surface area (TPSA) is 227 Å². The second-order valence-electron chi connectivity index (χ2n) is 46.6. The number of amides is 5. The number of aromatic nitrogens is 1. The number of likely N-dealkylation sites (tertiary alicyclic amines) is 1. The Morgan fingerprint density at radius 1 is 0.414 bits per heavy atom. The summed E-state index contributed by atoms with van der Waals surface area (Å²) in [5, 5.41) is 18.2. The third-order valence-electron chi connectivity index (χ3n) is 29.8. The lowest BCUT2D eigenvalue weighted by Crippen LogP contribution is -2.48. The average Bonchev–Trinajstić information content (AvgIpc) is 1.83. The first-order valence-electron chi connectivity index (χ1n) is 53.0. The molecule has 0 bridgehead atoms. The molecule has 9 aromatic rings. The van der Waals surface area contributed by atoms with E-state index in [1.165, 1.54) is 102 Å². The van der Waals surface area contributed by atoms with Gasteiger partial charge in [-0.2, -0.15) is 0 Å². The van der Waals surface area contributed by atoms with Crippen LogP contribution in [0, 0.1) is 61.3 Å². The Kier molecular flexibility index (Phi) is 49.2. The number of sulfone groups is 1. The monoisotopic (exact) mass is 2000 g/mol. The largest absolute Gasteiger partial charge is 0.418 e. The van der Waals surface area contributed by atoms with Crippen LogP contribution < -0.4 is 21.7 Å². The van der Waals surface area contributed by atoms with Crippen molar-refractivity contribution in [2.45, 2.75) is 314 Å². The molecule has 0 unspecified atom stereocenters. The fourth-order valence-corrected chi connectivity index (χ4v) is 18.6. The summed E-state index contributed by atoms with van der Waals surface area (Å²) in [5.74, 6) is 1.02. The minimum atomic E-state index is -2.77. The van der Waals surface area contributed by atoms with Crippen molar-refractivity contribution in [2.75, 3.05) is 117 Å². The number of carbonyl (C=O) groups is 5. The third kappa shape index (κ3) is 44.7. The summed E-state index contributed by atoms with van der Waals surface area (Å²) in [6.45, 7) is 73.1. The lowest BCUT2D eigenvalue weighted by atomic mass is 9.81. The van der Waals surface area contributed by atoms with Crippen LogP contribution in [0.3, 0.4) is 0 Å². The summed E-state index contributed by atoms with van der Waals surface area (Å²) in [6, 6.07) is 69.6. The molecular formula is C125H185N9O10S. The zero-order valence-electron chi connectivity index (χ0n) is 94.5. The van der Waals surface area contributed by atoms with Gasteiger partial charge in [-0.15, -0.1) is 0 Å².